The molecule has 2 aromatic carbocycles. The van der Waals surface area contributed by atoms with Crippen LogP contribution in [0.4, 0.5) is 5.69 Å². The zero-order valence-electron chi connectivity index (χ0n) is 16.3. The van der Waals surface area contributed by atoms with Crippen molar-refractivity contribution >= 4 is 32.5 Å². The first-order chi connectivity index (χ1) is 13.9. The predicted octanol–water partition coefficient (Wildman–Crippen LogP) is 3.97. The molecule has 1 aliphatic heterocycles. The van der Waals surface area contributed by atoms with Gasteiger partial charge < -0.3 is 5.32 Å². The molecule has 1 aromatic heterocycles. The van der Waals surface area contributed by atoms with Gasteiger partial charge in [0, 0.05) is 29.9 Å². The van der Waals surface area contributed by atoms with E-state index in [1.54, 1.807) is 30.3 Å². The number of nitrogens with one attached hydrogen (secondary N) is 1. The second-order valence-electron chi connectivity index (χ2n) is 7.27. The Labute approximate surface area is 170 Å². The molecule has 0 unspecified atom stereocenters. The monoisotopic (exact) mass is 409 g/mol. The number of anilines is 1. The molecule has 3 aromatic rings. The maximum Gasteiger partial charge on any atom is 0.256 e. The molecule has 1 aliphatic rings. The third-order valence-electron chi connectivity index (χ3n) is 5.15. The molecule has 0 aliphatic carbocycles. The fourth-order valence-corrected chi connectivity index (χ4v) is 5.18. The molecule has 150 valence electrons. The van der Waals surface area contributed by atoms with Crippen molar-refractivity contribution in [3.63, 3.8) is 0 Å². The zero-order valence-corrected chi connectivity index (χ0v) is 17.1. The van der Waals surface area contributed by atoms with Crippen molar-refractivity contribution in [1.82, 2.24) is 9.29 Å². The van der Waals surface area contributed by atoms with Gasteiger partial charge in [0.15, 0.2) is 0 Å². The summed E-state index contributed by atoms with van der Waals surface area (Å²) in [7, 11) is -3.48. The maximum atomic E-state index is 12.8. The predicted molar refractivity (Wildman–Crippen MR) is 113 cm³/mol. The van der Waals surface area contributed by atoms with Gasteiger partial charge in [-0.15, -0.1) is 0 Å². The lowest BCUT2D eigenvalue weighted by atomic mass is 10.1. The Morgan fingerprint density at radius 3 is 2.41 bits per heavy atom. The number of aryl methyl sites for hydroxylation is 1. The van der Waals surface area contributed by atoms with E-state index in [1.165, 1.54) is 4.31 Å². The molecule has 2 heterocycles. The number of benzene rings is 2. The van der Waals surface area contributed by atoms with Gasteiger partial charge in [-0.2, -0.15) is 4.31 Å². The summed E-state index contributed by atoms with van der Waals surface area (Å²) < 4.78 is 27.1. The number of rotatable bonds is 4. The van der Waals surface area contributed by atoms with E-state index >= 15 is 0 Å². The molecule has 0 radical (unpaired) electrons. The quantitative estimate of drug-likeness (QED) is 0.707. The number of para-hydroxylation sites is 1. The minimum Gasteiger partial charge on any atom is -0.322 e. The van der Waals surface area contributed by atoms with Crippen molar-refractivity contribution in [3.8, 4) is 0 Å². The molecule has 29 heavy (non-hydrogen) atoms. The number of amides is 1. The summed E-state index contributed by atoms with van der Waals surface area (Å²) in [5.41, 5.74) is 2.61. The van der Waals surface area contributed by atoms with Crippen LogP contribution in [-0.2, 0) is 10.0 Å². The third-order valence-corrected chi connectivity index (χ3v) is 7.07. The van der Waals surface area contributed by atoms with E-state index in [-0.39, 0.29) is 10.8 Å². The van der Waals surface area contributed by atoms with E-state index in [9.17, 15) is 13.2 Å². The highest BCUT2D eigenvalue weighted by atomic mass is 32.2. The summed E-state index contributed by atoms with van der Waals surface area (Å²) >= 11 is 0. The first-order valence-electron chi connectivity index (χ1n) is 9.73. The molecule has 7 heteroatoms. The molecule has 1 amide bonds. The van der Waals surface area contributed by atoms with Crippen LogP contribution >= 0.6 is 0 Å². The Morgan fingerprint density at radius 1 is 1.00 bits per heavy atom. The molecule has 4 rings (SSSR count). The summed E-state index contributed by atoms with van der Waals surface area (Å²) in [4.78, 5) is 17.6. The molecular weight excluding hydrogens is 386 g/mol. The number of fused-ring (bicyclic) bond motifs is 1. The average Bonchev–Trinajstić information content (AvgIpc) is 2.74. The molecular formula is C22H23N3O3S. The highest BCUT2D eigenvalue weighted by Gasteiger charge is 2.25. The van der Waals surface area contributed by atoms with Gasteiger partial charge in [-0.05, 0) is 56.2 Å². The average molecular weight is 410 g/mol. The van der Waals surface area contributed by atoms with Crippen molar-refractivity contribution in [2.75, 3.05) is 18.4 Å². The topological polar surface area (TPSA) is 79.4 Å². The van der Waals surface area contributed by atoms with Crippen LogP contribution < -0.4 is 5.32 Å². The van der Waals surface area contributed by atoms with Crippen molar-refractivity contribution in [3.05, 3.63) is 65.9 Å². The smallest absolute Gasteiger partial charge is 0.256 e. The van der Waals surface area contributed by atoms with Crippen LogP contribution in [0.1, 0.15) is 35.3 Å². The maximum absolute atomic E-state index is 12.8. The molecule has 1 N–H and O–H groups in total. The fourth-order valence-electron chi connectivity index (χ4n) is 3.66. The van der Waals surface area contributed by atoms with Crippen LogP contribution in [0.3, 0.4) is 0 Å². The van der Waals surface area contributed by atoms with E-state index in [1.807, 2.05) is 31.2 Å². The van der Waals surface area contributed by atoms with Crippen LogP contribution in [0.5, 0.6) is 0 Å². The Morgan fingerprint density at radius 2 is 1.69 bits per heavy atom. The first kappa shape index (κ1) is 19.5. The molecule has 0 saturated carbocycles. The second kappa shape index (κ2) is 7.93. The van der Waals surface area contributed by atoms with Gasteiger partial charge in [-0.1, -0.05) is 24.6 Å². The van der Waals surface area contributed by atoms with Crippen molar-refractivity contribution < 1.29 is 13.2 Å². The number of nitrogens with zero attached hydrogens (tertiary/aromatic N) is 2. The fraction of sp³-hybridized carbons (Fsp3) is 0.273. The van der Waals surface area contributed by atoms with Crippen LogP contribution in [0.15, 0.2) is 59.5 Å². The Kier molecular flexibility index (Phi) is 5.34. The highest BCUT2D eigenvalue weighted by molar-refractivity contribution is 7.89. The van der Waals surface area contributed by atoms with Gasteiger partial charge >= 0.3 is 0 Å². The van der Waals surface area contributed by atoms with Gasteiger partial charge in [0.1, 0.15) is 0 Å². The number of carbonyl (C=O) groups is 1. The molecule has 1 saturated heterocycles. The minimum atomic E-state index is -3.48. The number of sulfonamides is 1. The lowest BCUT2D eigenvalue weighted by Crippen LogP contribution is -2.35. The largest absolute Gasteiger partial charge is 0.322 e. The Hall–Kier alpha value is -2.77. The van der Waals surface area contributed by atoms with E-state index in [4.69, 9.17) is 0 Å². The van der Waals surface area contributed by atoms with Crippen LogP contribution in [-0.4, -0.2) is 36.7 Å². The number of aromatic nitrogens is 1. The normalized spacial score (nSPS) is 15.3. The van der Waals surface area contributed by atoms with Crippen LogP contribution in [0.25, 0.3) is 10.9 Å². The molecule has 6 nitrogen and oxygen atoms in total. The highest BCUT2D eigenvalue weighted by Crippen LogP contribution is 2.23. The lowest BCUT2D eigenvalue weighted by Gasteiger charge is -2.25. The van der Waals surface area contributed by atoms with Crippen molar-refractivity contribution in [2.45, 2.75) is 31.1 Å². The number of carbonyl (C=O) groups excluding carboxylic acids is 1. The summed E-state index contributed by atoms with van der Waals surface area (Å²) in [5.74, 6) is -0.252. The van der Waals surface area contributed by atoms with Gasteiger partial charge in [0.05, 0.1) is 16.0 Å². The molecule has 0 atom stereocenters. The summed E-state index contributed by atoms with van der Waals surface area (Å²) in [6.45, 7) is 2.98. The Bertz CT molecular complexity index is 1150. The SMILES string of the molecule is Cc1cc(C(=O)Nc2ccc(S(=O)(=O)N3CCCCC3)cc2)c2ccccc2n1. The number of piperidine rings is 1. The number of hydrogen-bond acceptors (Lipinski definition) is 4. The molecule has 0 spiro atoms. The van der Waals surface area contributed by atoms with Crippen molar-refractivity contribution in [1.29, 1.82) is 0 Å². The van der Waals surface area contributed by atoms with Crippen LogP contribution in [0.2, 0.25) is 0 Å². The summed E-state index contributed by atoms with van der Waals surface area (Å²) in [6.07, 6.45) is 2.86. The van der Waals surface area contributed by atoms with Crippen LogP contribution in [0, 0.1) is 6.92 Å². The summed E-state index contributed by atoms with van der Waals surface area (Å²) in [6, 6.07) is 15.6. The third kappa shape index (κ3) is 4.02. The second-order valence-corrected chi connectivity index (χ2v) is 9.21. The number of hydrogen-bond donors (Lipinski definition) is 1. The van der Waals surface area contributed by atoms with E-state index in [0.717, 1.165) is 35.9 Å². The lowest BCUT2D eigenvalue weighted by molar-refractivity contribution is 0.102. The molecule has 0 bridgehead atoms. The Balaban J connectivity index is 1.56. The van der Waals surface area contributed by atoms with Gasteiger partial charge in [0.25, 0.3) is 5.91 Å². The summed E-state index contributed by atoms with van der Waals surface area (Å²) in [5, 5.41) is 3.64. The zero-order chi connectivity index (χ0) is 20.4. The van der Waals surface area contributed by atoms with E-state index in [0.29, 0.717) is 24.3 Å². The minimum absolute atomic E-state index is 0.252. The molecule has 1 fully saturated rings. The van der Waals surface area contributed by atoms with Crippen molar-refractivity contribution in [2.24, 2.45) is 0 Å². The van der Waals surface area contributed by atoms with Gasteiger partial charge in [-0.25, -0.2) is 8.42 Å². The first-order valence-corrected chi connectivity index (χ1v) is 11.2. The van der Waals surface area contributed by atoms with Gasteiger partial charge in [0.2, 0.25) is 10.0 Å². The van der Waals surface area contributed by atoms with E-state index in [2.05, 4.69) is 10.3 Å². The number of pyridine rings is 1. The standard InChI is InChI=1S/C22H23N3O3S/c1-16-15-20(19-7-3-4-8-21(19)23-16)22(26)24-17-9-11-18(12-10-17)29(27,28)25-13-5-2-6-14-25/h3-4,7-12,15H,2,5-6,13-14H2,1H3,(H,24,26). The van der Waals surface area contributed by atoms with E-state index < -0.39 is 10.0 Å². The van der Waals surface area contributed by atoms with Gasteiger partial charge in [-0.3, -0.25) is 9.78 Å².